The zero-order valence-corrected chi connectivity index (χ0v) is 17.6. The number of amides is 1. The summed E-state index contributed by atoms with van der Waals surface area (Å²) < 4.78 is 5.29. The molecule has 1 aromatic heterocycles. The van der Waals surface area contributed by atoms with Crippen molar-refractivity contribution in [3.05, 3.63) is 70.6 Å². The Morgan fingerprint density at radius 2 is 1.59 bits per heavy atom. The lowest BCUT2D eigenvalue weighted by Crippen LogP contribution is -2.29. The number of nitrogens with zero attached hydrogens (tertiary/aromatic N) is 1. The van der Waals surface area contributed by atoms with E-state index in [-0.39, 0.29) is 0 Å². The van der Waals surface area contributed by atoms with Gasteiger partial charge in [-0.25, -0.2) is 9.78 Å². The fourth-order valence-electron chi connectivity index (χ4n) is 2.74. The summed E-state index contributed by atoms with van der Waals surface area (Å²) in [5.74, 6) is -0.933. The highest BCUT2D eigenvalue weighted by atomic mass is 32.1. The van der Waals surface area contributed by atoms with Gasteiger partial charge in [0.1, 0.15) is 0 Å². The van der Waals surface area contributed by atoms with E-state index in [4.69, 9.17) is 4.74 Å². The summed E-state index contributed by atoms with van der Waals surface area (Å²) >= 11 is 1.34. The van der Waals surface area contributed by atoms with Crippen LogP contribution in [0.5, 0.6) is 0 Å². The second-order valence-electron chi connectivity index (χ2n) is 6.68. The van der Waals surface area contributed by atoms with Crippen LogP contribution in [0.15, 0.2) is 53.9 Å². The van der Waals surface area contributed by atoms with Crippen molar-refractivity contribution in [1.82, 2.24) is 4.98 Å². The Kier molecular flexibility index (Phi) is 6.77. The van der Waals surface area contributed by atoms with Gasteiger partial charge in [0.25, 0.3) is 5.91 Å². The molecule has 1 atom stereocenters. The summed E-state index contributed by atoms with van der Waals surface area (Å²) in [6, 6.07) is 15.4. The summed E-state index contributed by atoms with van der Waals surface area (Å²) in [5.41, 5.74) is 4.62. The third-order valence-electron chi connectivity index (χ3n) is 4.64. The molecule has 0 unspecified atom stereocenters. The molecule has 1 N–H and O–H groups in total. The fourth-order valence-corrected chi connectivity index (χ4v) is 3.46. The lowest BCUT2D eigenvalue weighted by molar-refractivity contribution is -0.123. The van der Waals surface area contributed by atoms with Gasteiger partial charge in [-0.15, -0.1) is 11.3 Å². The zero-order valence-electron chi connectivity index (χ0n) is 16.8. The van der Waals surface area contributed by atoms with E-state index < -0.39 is 18.0 Å². The van der Waals surface area contributed by atoms with Gasteiger partial charge in [0.2, 0.25) is 0 Å². The molecule has 0 aliphatic heterocycles. The minimum absolute atomic E-state index is 0.411. The second-order valence-corrected chi connectivity index (χ2v) is 7.53. The Bertz CT molecular complexity index is 978. The van der Waals surface area contributed by atoms with E-state index in [0.29, 0.717) is 10.7 Å². The Hall–Kier alpha value is -2.99. The first-order chi connectivity index (χ1) is 14.0. The van der Waals surface area contributed by atoms with Crippen molar-refractivity contribution in [2.75, 3.05) is 5.32 Å². The number of aromatic nitrogens is 1. The van der Waals surface area contributed by atoms with Gasteiger partial charge in [0.05, 0.1) is 11.3 Å². The summed E-state index contributed by atoms with van der Waals surface area (Å²) in [6.07, 6.45) is 0.953. The number of benzene rings is 2. The smallest absolute Gasteiger partial charge is 0.338 e. The van der Waals surface area contributed by atoms with Crippen LogP contribution >= 0.6 is 11.3 Å². The molecule has 0 aliphatic rings. The minimum Gasteiger partial charge on any atom is -0.449 e. The van der Waals surface area contributed by atoms with Gasteiger partial charge >= 0.3 is 5.97 Å². The van der Waals surface area contributed by atoms with Crippen molar-refractivity contribution in [3.63, 3.8) is 0 Å². The van der Waals surface area contributed by atoms with E-state index in [1.54, 1.807) is 19.1 Å². The van der Waals surface area contributed by atoms with Crippen molar-refractivity contribution in [2.24, 2.45) is 0 Å². The monoisotopic (exact) mass is 408 g/mol. The van der Waals surface area contributed by atoms with Crippen molar-refractivity contribution < 1.29 is 14.3 Å². The molecule has 0 spiro atoms. The lowest BCUT2D eigenvalue weighted by Gasteiger charge is -2.12. The van der Waals surface area contributed by atoms with Gasteiger partial charge in [0.15, 0.2) is 11.2 Å². The standard InChI is InChI=1S/C23H24N2O3S/c1-4-16-6-10-18(11-7-16)20-14-29-23(24-20)25-21(26)15(3)28-22(27)19-12-8-17(5-2)9-13-19/h6-15H,4-5H2,1-3H3,(H,24,25,26)/t15-/m1/s1. The Labute approximate surface area is 174 Å². The van der Waals surface area contributed by atoms with Gasteiger partial charge in [-0.3, -0.25) is 10.1 Å². The SMILES string of the molecule is CCc1ccc(C(=O)O[C@H](C)C(=O)Nc2nc(-c3ccc(CC)cc3)cs2)cc1. The van der Waals surface area contributed by atoms with E-state index in [0.717, 1.165) is 29.7 Å². The van der Waals surface area contributed by atoms with Crippen LogP contribution in [-0.2, 0) is 22.4 Å². The number of thiazole rings is 1. The molecular weight excluding hydrogens is 384 g/mol. The maximum atomic E-state index is 12.4. The first-order valence-electron chi connectivity index (χ1n) is 9.65. The predicted molar refractivity (Wildman–Crippen MR) is 116 cm³/mol. The molecule has 1 amide bonds. The number of ether oxygens (including phenoxy) is 1. The van der Waals surface area contributed by atoms with Crippen molar-refractivity contribution in [1.29, 1.82) is 0 Å². The first-order valence-corrected chi connectivity index (χ1v) is 10.5. The third kappa shape index (κ3) is 5.29. The van der Waals surface area contributed by atoms with Gasteiger partial charge in [-0.2, -0.15) is 0 Å². The van der Waals surface area contributed by atoms with Gasteiger partial charge in [0, 0.05) is 10.9 Å². The highest BCUT2D eigenvalue weighted by molar-refractivity contribution is 7.14. The van der Waals surface area contributed by atoms with E-state index >= 15 is 0 Å². The topological polar surface area (TPSA) is 68.3 Å². The van der Waals surface area contributed by atoms with E-state index in [2.05, 4.69) is 29.4 Å². The average Bonchev–Trinajstić information content (AvgIpc) is 3.22. The normalized spacial score (nSPS) is 11.7. The first kappa shape index (κ1) is 20.7. The van der Waals surface area contributed by atoms with E-state index in [1.165, 1.54) is 16.9 Å². The number of anilines is 1. The maximum absolute atomic E-state index is 12.4. The van der Waals surface area contributed by atoms with Gasteiger partial charge in [-0.05, 0) is 43.0 Å². The van der Waals surface area contributed by atoms with Crippen LogP contribution < -0.4 is 5.32 Å². The predicted octanol–water partition coefficient (Wildman–Crippen LogP) is 5.12. The maximum Gasteiger partial charge on any atom is 0.338 e. The molecule has 0 aliphatic carbocycles. The summed E-state index contributed by atoms with van der Waals surface area (Å²) in [4.78, 5) is 29.1. The molecule has 2 aromatic carbocycles. The largest absolute Gasteiger partial charge is 0.449 e. The molecule has 0 bridgehead atoms. The number of carbonyl (C=O) groups is 2. The number of rotatable bonds is 7. The number of hydrogen-bond donors (Lipinski definition) is 1. The number of hydrogen-bond acceptors (Lipinski definition) is 5. The summed E-state index contributed by atoms with van der Waals surface area (Å²) in [5, 5.41) is 5.08. The van der Waals surface area contributed by atoms with Crippen LogP contribution in [0.4, 0.5) is 5.13 Å². The number of esters is 1. The number of carbonyl (C=O) groups excluding carboxylic acids is 2. The molecule has 0 fully saturated rings. The fraction of sp³-hybridized carbons (Fsp3) is 0.261. The van der Waals surface area contributed by atoms with Crippen molar-refractivity contribution in [2.45, 2.75) is 39.7 Å². The highest BCUT2D eigenvalue weighted by Crippen LogP contribution is 2.25. The van der Waals surface area contributed by atoms with Crippen LogP contribution in [0.3, 0.4) is 0 Å². The molecule has 5 nitrogen and oxygen atoms in total. The van der Waals surface area contributed by atoms with Crippen LogP contribution in [0, 0.1) is 0 Å². The molecular formula is C23H24N2O3S. The van der Waals surface area contributed by atoms with Crippen LogP contribution in [0.25, 0.3) is 11.3 Å². The van der Waals surface area contributed by atoms with Crippen molar-refractivity contribution >= 4 is 28.3 Å². The molecule has 6 heteroatoms. The van der Waals surface area contributed by atoms with Crippen LogP contribution in [0.2, 0.25) is 0 Å². The van der Waals surface area contributed by atoms with E-state index in [9.17, 15) is 9.59 Å². The van der Waals surface area contributed by atoms with Crippen LogP contribution in [-0.4, -0.2) is 23.0 Å². The van der Waals surface area contributed by atoms with Gasteiger partial charge < -0.3 is 4.74 Å². The molecule has 29 heavy (non-hydrogen) atoms. The van der Waals surface area contributed by atoms with E-state index in [1.807, 2.05) is 36.6 Å². The molecule has 150 valence electrons. The molecule has 0 saturated carbocycles. The molecule has 0 radical (unpaired) electrons. The Morgan fingerprint density at radius 3 is 2.17 bits per heavy atom. The second kappa shape index (κ2) is 9.47. The highest BCUT2D eigenvalue weighted by Gasteiger charge is 2.20. The number of aryl methyl sites for hydroxylation is 2. The van der Waals surface area contributed by atoms with Crippen molar-refractivity contribution in [3.8, 4) is 11.3 Å². The Morgan fingerprint density at radius 1 is 1.00 bits per heavy atom. The third-order valence-corrected chi connectivity index (χ3v) is 5.40. The van der Waals surface area contributed by atoms with Crippen LogP contribution in [0.1, 0.15) is 42.3 Å². The average molecular weight is 409 g/mol. The molecule has 0 saturated heterocycles. The summed E-state index contributed by atoms with van der Waals surface area (Å²) in [7, 11) is 0. The zero-order chi connectivity index (χ0) is 20.8. The quantitative estimate of drug-likeness (QED) is 0.551. The molecule has 3 aromatic rings. The minimum atomic E-state index is -0.926. The van der Waals surface area contributed by atoms with Gasteiger partial charge in [-0.1, -0.05) is 50.2 Å². The number of nitrogens with one attached hydrogen (secondary N) is 1. The lowest BCUT2D eigenvalue weighted by atomic mass is 10.1. The summed E-state index contributed by atoms with van der Waals surface area (Å²) in [6.45, 7) is 5.70. The Balaban J connectivity index is 1.59. The molecule has 3 rings (SSSR count). The molecule has 1 heterocycles.